The van der Waals surface area contributed by atoms with Gasteiger partial charge in [0.1, 0.15) is 5.75 Å². The number of thioether (sulfide) groups is 1. The molecule has 34 heavy (non-hydrogen) atoms. The van der Waals surface area contributed by atoms with Gasteiger partial charge >= 0.3 is 0 Å². The highest BCUT2D eigenvalue weighted by Crippen LogP contribution is 2.23. The van der Waals surface area contributed by atoms with Crippen LogP contribution in [-0.4, -0.2) is 28.3 Å². The molecule has 4 rings (SSSR count). The zero-order chi connectivity index (χ0) is 24.1. The van der Waals surface area contributed by atoms with Crippen LogP contribution in [0.25, 0.3) is 10.9 Å². The van der Waals surface area contributed by atoms with Gasteiger partial charge in [-0.2, -0.15) is 0 Å². The molecule has 174 valence electrons. The average Bonchev–Trinajstić information content (AvgIpc) is 2.85. The molecule has 0 aliphatic heterocycles. The molecule has 0 aliphatic rings. The Bertz CT molecular complexity index is 1370. The molecule has 4 aromatic rings. The summed E-state index contributed by atoms with van der Waals surface area (Å²) in [6.45, 7) is 2.22. The minimum absolute atomic E-state index is 0.113. The van der Waals surface area contributed by atoms with E-state index in [9.17, 15) is 9.59 Å². The number of nitrogens with zero attached hydrogens (tertiary/aromatic N) is 2. The average molecular weight is 494 g/mol. The number of hydrogen-bond donors (Lipinski definition) is 1. The quantitative estimate of drug-likeness (QED) is 0.274. The number of methoxy groups -OCH3 is 1. The Balaban J connectivity index is 1.56. The van der Waals surface area contributed by atoms with Crippen molar-refractivity contribution in [2.24, 2.45) is 0 Å². The summed E-state index contributed by atoms with van der Waals surface area (Å²) in [6.07, 6.45) is 0. The number of hydrogen-bond acceptors (Lipinski definition) is 5. The maximum Gasteiger partial charge on any atom is 0.262 e. The molecule has 0 aliphatic carbocycles. The molecule has 1 amide bonds. The molecule has 6 nitrogen and oxygen atoms in total. The van der Waals surface area contributed by atoms with Crippen LogP contribution < -0.4 is 15.6 Å². The first-order valence-electron chi connectivity index (χ1n) is 10.8. The van der Waals surface area contributed by atoms with Crippen molar-refractivity contribution in [1.29, 1.82) is 0 Å². The number of para-hydroxylation sites is 1. The Labute approximate surface area is 206 Å². The third-order valence-corrected chi connectivity index (χ3v) is 6.73. The van der Waals surface area contributed by atoms with Crippen LogP contribution >= 0.6 is 23.4 Å². The summed E-state index contributed by atoms with van der Waals surface area (Å²) in [5.41, 5.74) is 2.24. The van der Waals surface area contributed by atoms with Gasteiger partial charge in [0.15, 0.2) is 5.16 Å². The van der Waals surface area contributed by atoms with Crippen LogP contribution in [0.1, 0.15) is 24.1 Å². The number of halogens is 1. The van der Waals surface area contributed by atoms with Gasteiger partial charge in [-0.15, -0.1) is 0 Å². The van der Waals surface area contributed by atoms with Crippen molar-refractivity contribution in [3.05, 3.63) is 99.3 Å². The molecule has 1 heterocycles. The zero-order valence-corrected chi connectivity index (χ0v) is 20.4. The Morgan fingerprint density at radius 2 is 1.79 bits per heavy atom. The minimum atomic E-state index is -0.243. The van der Waals surface area contributed by atoms with Crippen molar-refractivity contribution in [3.63, 3.8) is 0 Å². The van der Waals surface area contributed by atoms with Crippen molar-refractivity contribution in [2.45, 2.75) is 24.7 Å². The monoisotopic (exact) mass is 493 g/mol. The fourth-order valence-electron chi connectivity index (χ4n) is 3.63. The van der Waals surface area contributed by atoms with Gasteiger partial charge in [0.2, 0.25) is 5.91 Å². The molecule has 3 aromatic carbocycles. The van der Waals surface area contributed by atoms with E-state index in [1.807, 2.05) is 61.5 Å². The van der Waals surface area contributed by atoms with E-state index in [1.165, 1.54) is 11.8 Å². The largest absolute Gasteiger partial charge is 0.497 e. The number of benzene rings is 3. The van der Waals surface area contributed by atoms with Gasteiger partial charge in [-0.05, 0) is 48.4 Å². The summed E-state index contributed by atoms with van der Waals surface area (Å²) >= 11 is 7.49. The topological polar surface area (TPSA) is 73.2 Å². The number of carbonyl (C=O) groups excluding carboxylic acids is 1. The molecule has 0 saturated carbocycles. The summed E-state index contributed by atoms with van der Waals surface area (Å²) in [5, 5.41) is 4.60. The number of carbonyl (C=O) groups is 1. The molecule has 1 unspecified atom stereocenters. The molecular weight excluding hydrogens is 470 g/mol. The second-order valence-electron chi connectivity index (χ2n) is 7.75. The van der Waals surface area contributed by atoms with E-state index in [0.29, 0.717) is 27.6 Å². The first-order valence-corrected chi connectivity index (χ1v) is 12.1. The van der Waals surface area contributed by atoms with E-state index in [4.69, 9.17) is 16.3 Å². The Kier molecular flexibility index (Phi) is 7.55. The smallest absolute Gasteiger partial charge is 0.262 e. The normalized spacial score (nSPS) is 11.9. The summed E-state index contributed by atoms with van der Waals surface area (Å²) in [6, 6.07) is 21.9. The Morgan fingerprint density at radius 1 is 1.09 bits per heavy atom. The maximum atomic E-state index is 13.3. The van der Waals surface area contributed by atoms with Gasteiger partial charge in [-0.3, -0.25) is 14.2 Å². The van der Waals surface area contributed by atoms with Crippen LogP contribution in [0.4, 0.5) is 0 Å². The van der Waals surface area contributed by atoms with E-state index >= 15 is 0 Å². The molecule has 1 aromatic heterocycles. The third kappa shape index (κ3) is 5.43. The van der Waals surface area contributed by atoms with Gasteiger partial charge in [0.25, 0.3) is 5.56 Å². The van der Waals surface area contributed by atoms with Crippen LogP contribution in [-0.2, 0) is 11.3 Å². The summed E-state index contributed by atoms with van der Waals surface area (Å²) in [5.74, 6) is 0.685. The first kappa shape index (κ1) is 23.9. The number of fused-ring (bicyclic) bond motifs is 1. The lowest BCUT2D eigenvalue weighted by molar-refractivity contribution is -0.119. The van der Waals surface area contributed by atoms with Crippen LogP contribution in [0.3, 0.4) is 0 Å². The van der Waals surface area contributed by atoms with Crippen LogP contribution in [0.5, 0.6) is 5.75 Å². The lowest BCUT2D eigenvalue weighted by Gasteiger charge is -2.16. The number of amides is 1. The van der Waals surface area contributed by atoms with E-state index in [-0.39, 0.29) is 23.3 Å². The van der Waals surface area contributed by atoms with Gasteiger partial charge in [0, 0.05) is 5.02 Å². The van der Waals surface area contributed by atoms with Gasteiger partial charge in [0.05, 0.1) is 36.4 Å². The van der Waals surface area contributed by atoms with Crippen LogP contribution in [0, 0.1) is 0 Å². The highest BCUT2D eigenvalue weighted by Gasteiger charge is 2.16. The number of nitrogens with one attached hydrogen (secondary N) is 1. The molecule has 0 spiro atoms. The molecule has 1 atom stereocenters. The van der Waals surface area contributed by atoms with Crippen molar-refractivity contribution in [3.8, 4) is 5.75 Å². The van der Waals surface area contributed by atoms with Crippen molar-refractivity contribution >= 4 is 40.2 Å². The predicted molar refractivity (Wildman–Crippen MR) is 137 cm³/mol. The molecule has 8 heteroatoms. The minimum Gasteiger partial charge on any atom is -0.497 e. The molecule has 0 fully saturated rings. The van der Waals surface area contributed by atoms with Crippen molar-refractivity contribution in [2.75, 3.05) is 12.9 Å². The second-order valence-corrected chi connectivity index (χ2v) is 9.10. The second kappa shape index (κ2) is 10.8. The number of aromatic nitrogens is 2. The van der Waals surface area contributed by atoms with Gasteiger partial charge < -0.3 is 10.1 Å². The third-order valence-electron chi connectivity index (χ3n) is 5.41. The number of ether oxygens (including phenoxy) is 1. The highest BCUT2D eigenvalue weighted by molar-refractivity contribution is 7.99. The van der Waals surface area contributed by atoms with Crippen molar-refractivity contribution < 1.29 is 9.53 Å². The molecule has 0 saturated heterocycles. The molecule has 0 radical (unpaired) electrons. The summed E-state index contributed by atoms with van der Waals surface area (Å²) in [4.78, 5) is 30.7. The van der Waals surface area contributed by atoms with Crippen LogP contribution in [0.2, 0.25) is 5.02 Å². The Hall–Kier alpha value is -3.29. The SMILES string of the molecule is COc1ccc(Cn2c(SCC(=O)NC(C)c3ccccc3Cl)nc3ccccc3c2=O)cc1. The van der Waals surface area contributed by atoms with Crippen LogP contribution in [0.15, 0.2) is 82.7 Å². The van der Waals surface area contributed by atoms with Gasteiger partial charge in [-0.25, -0.2) is 4.98 Å². The Morgan fingerprint density at radius 3 is 2.53 bits per heavy atom. The lowest BCUT2D eigenvalue weighted by Crippen LogP contribution is -2.29. The maximum absolute atomic E-state index is 13.3. The standard InChI is InChI=1S/C26H24ClN3O3S/c1-17(20-7-3-5-9-22(20)27)28-24(31)16-34-26-29-23-10-6-4-8-21(23)25(32)30(26)15-18-11-13-19(33-2)14-12-18/h3-14,17H,15-16H2,1-2H3,(H,28,31). The van der Waals surface area contributed by atoms with E-state index < -0.39 is 0 Å². The number of rotatable bonds is 8. The van der Waals surface area contributed by atoms with E-state index in [0.717, 1.165) is 16.9 Å². The van der Waals surface area contributed by atoms with E-state index in [2.05, 4.69) is 10.3 Å². The lowest BCUT2D eigenvalue weighted by atomic mass is 10.1. The summed E-state index contributed by atoms with van der Waals surface area (Å²) in [7, 11) is 1.61. The molecule has 1 N–H and O–H groups in total. The summed E-state index contributed by atoms with van der Waals surface area (Å²) < 4.78 is 6.83. The molecule has 0 bridgehead atoms. The van der Waals surface area contributed by atoms with E-state index in [1.54, 1.807) is 29.9 Å². The highest BCUT2D eigenvalue weighted by atomic mass is 35.5. The fourth-order valence-corrected chi connectivity index (χ4v) is 4.74. The first-order chi connectivity index (χ1) is 16.5. The fraction of sp³-hybridized carbons (Fsp3) is 0.192. The molecular formula is C26H24ClN3O3S. The van der Waals surface area contributed by atoms with Gasteiger partial charge in [-0.1, -0.05) is 65.8 Å². The predicted octanol–water partition coefficient (Wildman–Crippen LogP) is 5.08. The zero-order valence-electron chi connectivity index (χ0n) is 18.8. The van der Waals surface area contributed by atoms with Crippen molar-refractivity contribution in [1.82, 2.24) is 14.9 Å².